The fourth-order valence-electron chi connectivity index (χ4n) is 3.36. The van der Waals surface area contributed by atoms with Crippen LogP contribution in [-0.2, 0) is 13.2 Å². The number of nitrogens with zero attached hydrogens (tertiary/aromatic N) is 1. The van der Waals surface area contributed by atoms with Gasteiger partial charge in [0.05, 0.1) is 15.6 Å². The number of aromatic nitrogens is 1. The van der Waals surface area contributed by atoms with Crippen molar-refractivity contribution in [3.05, 3.63) is 99.7 Å². The van der Waals surface area contributed by atoms with E-state index in [4.69, 9.17) is 37.2 Å². The summed E-state index contributed by atoms with van der Waals surface area (Å²) in [6.07, 6.45) is 0. The maximum Gasteiger partial charge on any atom is 0.146 e. The van der Waals surface area contributed by atoms with Crippen molar-refractivity contribution in [3.8, 4) is 22.8 Å². The van der Waals surface area contributed by atoms with E-state index >= 15 is 0 Å². The first kappa shape index (κ1) is 22.3. The van der Waals surface area contributed by atoms with Gasteiger partial charge in [0.25, 0.3) is 0 Å². The van der Waals surface area contributed by atoms with E-state index in [2.05, 4.69) is 5.16 Å². The predicted molar refractivity (Wildman–Crippen MR) is 128 cm³/mol. The molecule has 4 rings (SSSR count). The lowest BCUT2D eigenvalue weighted by molar-refractivity contribution is 0.296. The number of rotatable bonds is 8. The first-order chi connectivity index (χ1) is 15.5. The fourth-order valence-corrected chi connectivity index (χ4v) is 3.93. The molecule has 0 fully saturated rings. The highest BCUT2D eigenvalue weighted by Gasteiger charge is 2.23. The first-order valence-electron chi connectivity index (χ1n) is 10.4. The Morgan fingerprint density at radius 3 is 2.06 bits per heavy atom. The number of benzene rings is 3. The van der Waals surface area contributed by atoms with Gasteiger partial charge < -0.3 is 14.0 Å². The van der Waals surface area contributed by atoms with Gasteiger partial charge in [-0.15, -0.1) is 0 Å². The van der Waals surface area contributed by atoms with Crippen molar-refractivity contribution in [1.29, 1.82) is 0 Å². The zero-order valence-corrected chi connectivity index (χ0v) is 19.4. The highest BCUT2D eigenvalue weighted by molar-refractivity contribution is 6.39. The second kappa shape index (κ2) is 10.1. The Labute approximate surface area is 197 Å². The molecule has 32 heavy (non-hydrogen) atoms. The van der Waals surface area contributed by atoms with Gasteiger partial charge in [-0.3, -0.25) is 0 Å². The van der Waals surface area contributed by atoms with Crippen LogP contribution in [0, 0.1) is 0 Å². The molecule has 0 radical (unpaired) electrons. The molecule has 0 saturated heterocycles. The first-order valence-corrected chi connectivity index (χ1v) is 11.1. The molecule has 4 aromatic rings. The largest absolute Gasteiger partial charge is 0.489 e. The summed E-state index contributed by atoms with van der Waals surface area (Å²) < 4.78 is 17.5. The summed E-state index contributed by atoms with van der Waals surface area (Å²) >= 11 is 12.8. The van der Waals surface area contributed by atoms with Gasteiger partial charge in [0, 0.05) is 11.5 Å². The van der Waals surface area contributed by atoms with Crippen molar-refractivity contribution in [3.63, 3.8) is 0 Å². The van der Waals surface area contributed by atoms with Crippen molar-refractivity contribution in [2.45, 2.75) is 33.0 Å². The van der Waals surface area contributed by atoms with E-state index in [9.17, 15) is 0 Å². The number of ether oxygens (including phenoxy) is 2. The topological polar surface area (TPSA) is 44.5 Å². The molecule has 0 spiro atoms. The Bertz CT molecular complexity index is 1150. The van der Waals surface area contributed by atoms with Crippen LogP contribution in [0.3, 0.4) is 0 Å². The summed E-state index contributed by atoms with van der Waals surface area (Å²) in [6.45, 7) is 4.86. The molecule has 0 atom stereocenters. The molecule has 0 aliphatic heterocycles. The van der Waals surface area contributed by atoms with Gasteiger partial charge in [-0.1, -0.05) is 78.6 Å². The molecule has 0 amide bonds. The van der Waals surface area contributed by atoms with E-state index in [1.807, 2.05) is 68.4 Å². The molecule has 0 aliphatic carbocycles. The van der Waals surface area contributed by atoms with Crippen LogP contribution in [-0.4, -0.2) is 5.16 Å². The molecule has 6 heteroatoms. The lowest BCUT2D eigenvalue weighted by Gasteiger charge is -2.11. The maximum atomic E-state index is 6.41. The van der Waals surface area contributed by atoms with E-state index in [0.29, 0.717) is 27.9 Å². The van der Waals surface area contributed by atoms with Crippen LogP contribution in [0.2, 0.25) is 10.0 Å². The second-order valence-corrected chi connectivity index (χ2v) is 8.47. The average Bonchev–Trinajstić information content (AvgIpc) is 3.21. The molecule has 1 aromatic heterocycles. The van der Waals surface area contributed by atoms with Crippen molar-refractivity contribution < 1.29 is 14.0 Å². The number of para-hydroxylation sites is 1. The minimum Gasteiger partial charge on any atom is -0.489 e. The fraction of sp³-hybridized carbons (Fsp3) is 0.192. The average molecular weight is 468 g/mol. The molecule has 164 valence electrons. The Kier molecular flexibility index (Phi) is 7.03. The van der Waals surface area contributed by atoms with Crippen LogP contribution < -0.4 is 9.47 Å². The normalized spacial score (nSPS) is 11.0. The van der Waals surface area contributed by atoms with Gasteiger partial charge >= 0.3 is 0 Å². The highest BCUT2D eigenvalue weighted by atomic mass is 35.5. The lowest BCUT2D eigenvalue weighted by atomic mass is 10.0. The van der Waals surface area contributed by atoms with Crippen LogP contribution in [0.5, 0.6) is 11.5 Å². The molecule has 0 aliphatic rings. The van der Waals surface area contributed by atoms with Crippen molar-refractivity contribution in [1.82, 2.24) is 5.16 Å². The van der Waals surface area contributed by atoms with Crippen LogP contribution >= 0.6 is 23.2 Å². The van der Waals surface area contributed by atoms with Gasteiger partial charge in [0.15, 0.2) is 0 Å². The highest BCUT2D eigenvalue weighted by Crippen LogP contribution is 2.38. The van der Waals surface area contributed by atoms with Gasteiger partial charge in [-0.2, -0.15) is 0 Å². The van der Waals surface area contributed by atoms with Crippen molar-refractivity contribution in [2.24, 2.45) is 0 Å². The summed E-state index contributed by atoms with van der Waals surface area (Å²) in [7, 11) is 0. The zero-order chi connectivity index (χ0) is 22.5. The molecule has 4 nitrogen and oxygen atoms in total. The molecule has 1 heterocycles. The SMILES string of the molecule is CC(C)c1onc(-c2c(Cl)cccc2Cl)c1COc1ccc(COc2ccccc2)cc1. The molecular weight excluding hydrogens is 445 g/mol. The van der Waals surface area contributed by atoms with Crippen molar-refractivity contribution in [2.75, 3.05) is 0 Å². The third kappa shape index (κ3) is 5.09. The molecule has 0 unspecified atom stereocenters. The molecular formula is C26H23Cl2NO3. The second-order valence-electron chi connectivity index (χ2n) is 7.66. The smallest absolute Gasteiger partial charge is 0.146 e. The third-order valence-corrected chi connectivity index (χ3v) is 5.63. The number of hydrogen-bond donors (Lipinski definition) is 0. The summed E-state index contributed by atoms with van der Waals surface area (Å²) in [5.74, 6) is 2.46. The molecule has 0 saturated carbocycles. The summed E-state index contributed by atoms with van der Waals surface area (Å²) in [6, 6.07) is 22.9. The Morgan fingerprint density at radius 1 is 0.781 bits per heavy atom. The van der Waals surface area contributed by atoms with E-state index in [1.54, 1.807) is 18.2 Å². The summed E-state index contributed by atoms with van der Waals surface area (Å²) in [4.78, 5) is 0. The predicted octanol–water partition coefficient (Wildman–Crippen LogP) is 7.93. The Hall–Kier alpha value is -2.95. The van der Waals surface area contributed by atoms with E-state index in [1.165, 1.54) is 0 Å². The number of hydrogen-bond acceptors (Lipinski definition) is 4. The van der Waals surface area contributed by atoms with Crippen molar-refractivity contribution >= 4 is 23.2 Å². The standard InChI is InChI=1S/C26H23Cl2NO3/c1-17(2)26-21(25(29-32-26)24-22(27)9-6-10-23(24)28)16-31-20-13-11-18(12-14-20)15-30-19-7-4-3-5-8-19/h3-14,17H,15-16H2,1-2H3. The van der Waals surface area contributed by atoms with Crippen LogP contribution in [0.4, 0.5) is 0 Å². The van der Waals surface area contributed by atoms with E-state index in [0.717, 1.165) is 28.4 Å². The minimum atomic E-state index is 0.133. The van der Waals surface area contributed by atoms with Gasteiger partial charge in [-0.05, 0) is 42.0 Å². The Morgan fingerprint density at radius 2 is 1.41 bits per heavy atom. The van der Waals surface area contributed by atoms with Gasteiger partial charge in [0.2, 0.25) is 0 Å². The van der Waals surface area contributed by atoms with Crippen LogP contribution in [0.25, 0.3) is 11.3 Å². The number of halogens is 2. The lowest BCUT2D eigenvalue weighted by Crippen LogP contribution is -2.02. The maximum absolute atomic E-state index is 6.41. The summed E-state index contributed by atoms with van der Waals surface area (Å²) in [5.41, 5.74) is 3.15. The zero-order valence-electron chi connectivity index (χ0n) is 17.8. The monoisotopic (exact) mass is 467 g/mol. The quantitative estimate of drug-likeness (QED) is 0.263. The molecule has 0 bridgehead atoms. The van der Waals surface area contributed by atoms with Crippen LogP contribution in [0.1, 0.15) is 36.7 Å². The third-order valence-electron chi connectivity index (χ3n) is 5.00. The summed E-state index contributed by atoms with van der Waals surface area (Å²) in [5, 5.41) is 5.31. The Balaban J connectivity index is 1.49. The van der Waals surface area contributed by atoms with E-state index in [-0.39, 0.29) is 12.5 Å². The molecule has 0 N–H and O–H groups in total. The van der Waals surface area contributed by atoms with Gasteiger partial charge in [-0.25, -0.2) is 0 Å². The van der Waals surface area contributed by atoms with E-state index < -0.39 is 0 Å². The van der Waals surface area contributed by atoms with Crippen LogP contribution in [0.15, 0.2) is 77.3 Å². The minimum absolute atomic E-state index is 0.133. The van der Waals surface area contributed by atoms with Gasteiger partial charge in [0.1, 0.15) is 36.2 Å². The molecule has 3 aromatic carbocycles.